The summed E-state index contributed by atoms with van der Waals surface area (Å²) in [6.45, 7) is 4.41. The SMILES string of the molecule is CC(C)OC(=O)NC(Cc1ccccc1)C(=O)N1CCC2(CC1)NC(=O)c1sc(-c3ccncc3)cc1N2. The number of piperidine rings is 1. The van der Waals surface area contributed by atoms with Crippen LogP contribution in [0.5, 0.6) is 0 Å². The molecule has 1 saturated heterocycles. The predicted molar refractivity (Wildman–Crippen MR) is 146 cm³/mol. The fourth-order valence-corrected chi connectivity index (χ4v) is 5.91. The molecular formula is C28H31N5O4S. The van der Waals surface area contributed by atoms with E-state index in [2.05, 4.69) is 20.9 Å². The third kappa shape index (κ3) is 5.65. The molecule has 2 aliphatic rings. The maximum atomic E-state index is 13.6. The number of rotatable bonds is 6. The number of likely N-dealkylation sites (tertiary alicyclic amines) is 1. The summed E-state index contributed by atoms with van der Waals surface area (Å²) in [5, 5.41) is 9.47. The lowest BCUT2D eigenvalue weighted by Crippen LogP contribution is -2.63. The van der Waals surface area contributed by atoms with Gasteiger partial charge >= 0.3 is 6.09 Å². The molecule has 2 aliphatic heterocycles. The van der Waals surface area contributed by atoms with Crippen LogP contribution < -0.4 is 16.0 Å². The molecule has 3 N–H and O–H groups in total. The summed E-state index contributed by atoms with van der Waals surface area (Å²) in [5.74, 6) is -0.272. The Morgan fingerprint density at radius 2 is 1.82 bits per heavy atom. The number of pyridine rings is 1. The number of nitrogens with zero attached hydrogens (tertiary/aromatic N) is 2. The van der Waals surface area contributed by atoms with E-state index in [1.54, 1.807) is 31.1 Å². The first kappa shape index (κ1) is 25.7. The van der Waals surface area contributed by atoms with E-state index in [9.17, 15) is 14.4 Å². The van der Waals surface area contributed by atoms with Crippen molar-refractivity contribution in [3.05, 3.63) is 71.4 Å². The van der Waals surface area contributed by atoms with Gasteiger partial charge in [-0.15, -0.1) is 11.3 Å². The van der Waals surface area contributed by atoms with E-state index in [4.69, 9.17) is 4.74 Å². The van der Waals surface area contributed by atoms with E-state index in [1.807, 2.05) is 48.5 Å². The number of carbonyl (C=O) groups is 3. The average molecular weight is 534 g/mol. The second kappa shape index (κ2) is 10.8. The Bertz CT molecular complexity index is 1300. The third-order valence-corrected chi connectivity index (χ3v) is 7.96. The first-order valence-corrected chi connectivity index (χ1v) is 13.6. The maximum absolute atomic E-state index is 13.6. The van der Waals surface area contributed by atoms with Crippen LogP contribution in [0.15, 0.2) is 60.9 Å². The zero-order chi connectivity index (χ0) is 26.7. The van der Waals surface area contributed by atoms with Gasteiger partial charge in [-0.25, -0.2) is 4.79 Å². The molecular weight excluding hydrogens is 502 g/mol. The number of hydrogen-bond donors (Lipinski definition) is 3. The third-order valence-electron chi connectivity index (χ3n) is 6.77. The number of carbonyl (C=O) groups excluding carboxylic acids is 3. The highest BCUT2D eigenvalue weighted by Crippen LogP contribution is 2.40. The van der Waals surface area contributed by atoms with Gasteiger partial charge in [-0.2, -0.15) is 0 Å². The monoisotopic (exact) mass is 533 g/mol. The predicted octanol–water partition coefficient (Wildman–Crippen LogP) is 4.03. The molecule has 2 aromatic heterocycles. The van der Waals surface area contributed by atoms with Crippen LogP contribution >= 0.6 is 11.3 Å². The molecule has 10 heteroatoms. The molecule has 1 spiro atoms. The van der Waals surface area contributed by atoms with Crippen LogP contribution in [0.1, 0.15) is 41.9 Å². The number of fused-ring (bicyclic) bond motifs is 1. The Morgan fingerprint density at radius 1 is 1.11 bits per heavy atom. The molecule has 0 radical (unpaired) electrons. The summed E-state index contributed by atoms with van der Waals surface area (Å²) in [4.78, 5) is 46.5. The summed E-state index contributed by atoms with van der Waals surface area (Å²) in [5.41, 5.74) is 2.14. The Kier molecular flexibility index (Phi) is 7.33. The number of ether oxygens (including phenoxy) is 1. The minimum atomic E-state index is -0.752. The van der Waals surface area contributed by atoms with Crippen LogP contribution in [-0.2, 0) is 16.0 Å². The van der Waals surface area contributed by atoms with Crippen molar-refractivity contribution in [3.8, 4) is 10.4 Å². The van der Waals surface area contributed by atoms with Crippen molar-refractivity contribution in [2.45, 2.75) is 50.9 Å². The molecule has 1 atom stereocenters. The highest BCUT2D eigenvalue weighted by Gasteiger charge is 2.43. The van der Waals surface area contributed by atoms with E-state index in [1.165, 1.54) is 11.3 Å². The van der Waals surface area contributed by atoms with E-state index < -0.39 is 17.8 Å². The molecule has 0 aliphatic carbocycles. The Balaban J connectivity index is 1.27. The van der Waals surface area contributed by atoms with Crippen molar-refractivity contribution in [2.75, 3.05) is 18.4 Å². The lowest BCUT2D eigenvalue weighted by Gasteiger charge is -2.45. The van der Waals surface area contributed by atoms with Crippen molar-refractivity contribution in [1.29, 1.82) is 0 Å². The van der Waals surface area contributed by atoms with Crippen LogP contribution in [0.4, 0.5) is 10.5 Å². The number of benzene rings is 1. The van der Waals surface area contributed by atoms with E-state index in [0.29, 0.717) is 37.2 Å². The van der Waals surface area contributed by atoms with Gasteiger partial charge in [0.2, 0.25) is 5.91 Å². The van der Waals surface area contributed by atoms with Gasteiger partial charge in [0.25, 0.3) is 5.91 Å². The fraction of sp³-hybridized carbons (Fsp3) is 0.357. The summed E-state index contributed by atoms with van der Waals surface area (Å²) in [7, 11) is 0. The van der Waals surface area contributed by atoms with E-state index in [0.717, 1.165) is 21.7 Å². The first-order valence-electron chi connectivity index (χ1n) is 12.8. The maximum Gasteiger partial charge on any atom is 0.408 e. The molecule has 5 rings (SSSR count). The van der Waals surface area contributed by atoms with Crippen LogP contribution in [0.2, 0.25) is 0 Å². The van der Waals surface area contributed by atoms with Crippen LogP contribution in [-0.4, -0.2) is 58.7 Å². The van der Waals surface area contributed by atoms with Crippen molar-refractivity contribution < 1.29 is 19.1 Å². The molecule has 0 bridgehead atoms. The van der Waals surface area contributed by atoms with Crippen molar-refractivity contribution >= 4 is 34.9 Å². The number of nitrogens with one attached hydrogen (secondary N) is 3. The Labute approximate surface area is 225 Å². The molecule has 1 fully saturated rings. The lowest BCUT2D eigenvalue weighted by atomic mass is 9.93. The van der Waals surface area contributed by atoms with Gasteiger partial charge in [-0.05, 0) is 43.2 Å². The quantitative estimate of drug-likeness (QED) is 0.441. The topological polar surface area (TPSA) is 113 Å². The minimum absolute atomic E-state index is 0.108. The van der Waals surface area contributed by atoms with Crippen molar-refractivity contribution in [3.63, 3.8) is 0 Å². The normalized spacial score (nSPS) is 16.8. The molecule has 3 aromatic rings. The summed E-state index contributed by atoms with van der Waals surface area (Å²) < 4.78 is 5.24. The first-order chi connectivity index (χ1) is 18.3. The zero-order valence-electron chi connectivity index (χ0n) is 21.4. The van der Waals surface area contributed by atoms with E-state index in [-0.39, 0.29) is 17.9 Å². The van der Waals surface area contributed by atoms with Crippen LogP contribution in [0.25, 0.3) is 10.4 Å². The number of alkyl carbamates (subject to hydrolysis) is 1. The number of amides is 3. The smallest absolute Gasteiger partial charge is 0.408 e. The highest BCUT2D eigenvalue weighted by atomic mass is 32.1. The largest absolute Gasteiger partial charge is 0.447 e. The molecule has 4 heterocycles. The van der Waals surface area contributed by atoms with Gasteiger partial charge in [0.05, 0.1) is 11.8 Å². The average Bonchev–Trinajstić information content (AvgIpc) is 3.33. The van der Waals surface area contributed by atoms with Gasteiger partial charge in [0, 0.05) is 49.6 Å². The summed E-state index contributed by atoms with van der Waals surface area (Å²) >= 11 is 1.44. The summed E-state index contributed by atoms with van der Waals surface area (Å²) in [6.07, 6.45) is 4.01. The number of hydrogen-bond acceptors (Lipinski definition) is 7. The number of aromatic nitrogens is 1. The van der Waals surface area contributed by atoms with Crippen LogP contribution in [0, 0.1) is 0 Å². The van der Waals surface area contributed by atoms with E-state index >= 15 is 0 Å². The van der Waals surface area contributed by atoms with Gasteiger partial charge < -0.3 is 25.6 Å². The second-order valence-corrected chi connectivity index (χ2v) is 11.0. The lowest BCUT2D eigenvalue weighted by molar-refractivity contribution is -0.135. The molecule has 38 heavy (non-hydrogen) atoms. The summed E-state index contributed by atoms with van der Waals surface area (Å²) in [6, 6.07) is 14.7. The molecule has 9 nitrogen and oxygen atoms in total. The van der Waals surface area contributed by atoms with Gasteiger partial charge in [0.15, 0.2) is 0 Å². The highest BCUT2D eigenvalue weighted by molar-refractivity contribution is 7.18. The second-order valence-electron chi connectivity index (χ2n) is 9.92. The zero-order valence-corrected chi connectivity index (χ0v) is 22.2. The molecule has 1 aromatic carbocycles. The van der Waals surface area contributed by atoms with Crippen molar-refractivity contribution in [1.82, 2.24) is 20.5 Å². The van der Waals surface area contributed by atoms with Gasteiger partial charge in [-0.1, -0.05) is 30.3 Å². The van der Waals surface area contributed by atoms with Gasteiger partial charge in [0.1, 0.15) is 16.6 Å². The number of thiophene rings is 1. The molecule has 1 unspecified atom stereocenters. The minimum Gasteiger partial charge on any atom is -0.447 e. The Morgan fingerprint density at radius 3 is 2.50 bits per heavy atom. The standard InChI is InChI=1S/C28H31N5O4S/c1-18(2)37-27(36)30-22(16-19-6-4-3-5-7-19)26(35)33-14-10-28(11-15-33)31-21-17-23(20-8-12-29-13-9-20)38-24(21)25(34)32-28/h3-9,12-13,17-18,22,31H,10-11,14-16H2,1-2H3,(H,30,36)(H,32,34). The fourth-order valence-electron chi connectivity index (χ4n) is 4.89. The Hall–Kier alpha value is -3.92. The van der Waals surface area contributed by atoms with Crippen LogP contribution in [0.3, 0.4) is 0 Å². The number of anilines is 1. The molecule has 198 valence electrons. The van der Waals surface area contributed by atoms with Gasteiger partial charge in [-0.3, -0.25) is 14.6 Å². The van der Waals surface area contributed by atoms with Crippen molar-refractivity contribution in [2.24, 2.45) is 0 Å². The molecule has 3 amide bonds. The molecule has 0 saturated carbocycles.